The molecule has 0 aromatic heterocycles. The van der Waals surface area contributed by atoms with Crippen molar-refractivity contribution in [3.8, 4) is 0 Å². The first-order valence-electron chi connectivity index (χ1n) is 10.2. The molecule has 166 valence electrons. The van der Waals surface area contributed by atoms with Crippen LogP contribution in [0, 0.1) is 0 Å². The Hall–Kier alpha value is -1.54. The molecule has 1 saturated heterocycles. The number of ether oxygens (including phenoxy) is 2. The van der Waals surface area contributed by atoms with Gasteiger partial charge in [0.25, 0.3) is 0 Å². The Kier molecular flexibility index (Phi) is 8.37. The summed E-state index contributed by atoms with van der Waals surface area (Å²) >= 11 is 0. The van der Waals surface area contributed by atoms with E-state index < -0.39 is 23.2 Å². The van der Waals surface area contributed by atoms with Crippen molar-refractivity contribution in [3.63, 3.8) is 0 Å². The van der Waals surface area contributed by atoms with Crippen LogP contribution in [0.4, 0.5) is 4.79 Å². The number of hydrogen-bond donors (Lipinski definition) is 1. The number of nitrogens with one attached hydrogen (secondary N) is 1. The molecule has 1 aliphatic rings. The number of rotatable bonds is 9. The van der Waals surface area contributed by atoms with Gasteiger partial charge in [0.1, 0.15) is 11.1 Å². The van der Waals surface area contributed by atoms with E-state index in [4.69, 9.17) is 18.8 Å². The predicted molar refractivity (Wildman–Crippen MR) is 114 cm³/mol. The van der Waals surface area contributed by atoms with E-state index in [1.807, 2.05) is 27.7 Å². The molecule has 0 radical (unpaired) electrons. The van der Waals surface area contributed by atoms with Gasteiger partial charge in [0.15, 0.2) is 0 Å². The Morgan fingerprint density at radius 3 is 2.10 bits per heavy atom. The summed E-state index contributed by atoms with van der Waals surface area (Å²) < 4.78 is 22.3. The summed E-state index contributed by atoms with van der Waals surface area (Å²) in [4.78, 5) is 24.9. The van der Waals surface area contributed by atoms with Crippen molar-refractivity contribution in [1.82, 2.24) is 5.32 Å². The maximum atomic E-state index is 12.6. The molecule has 1 aliphatic heterocycles. The molecule has 8 heteroatoms. The normalized spacial score (nSPS) is 19.9. The number of methoxy groups -OCH3 is 1. The third kappa shape index (κ3) is 7.03. The highest BCUT2D eigenvalue weighted by molar-refractivity contribution is 6.45. The van der Waals surface area contributed by atoms with Crippen molar-refractivity contribution in [2.75, 3.05) is 7.11 Å². The Bertz CT molecular complexity index is 582. The van der Waals surface area contributed by atoms with Gasteiger partial charge in [0.2, 0.25) is 0 Å². The monoisotopic (exact) mass is 411 g/mol. The molecule has 1 atom stereocenters. The third-order valence-electron chi connectivity index (χ3n) is 5.40. The summed E-state index contributed by atoms with van der Waals surface area (Å²) in [6.07, 6.45) is 3.72. The molecule has 0 saturated carbocycles. The average Bonchev–Trinajstić information content (AvgIpc) is 2.76. The Morgan fingerprint density at radius 2 is 1.66 bits per heavy atom. The van der Waals surface area contributed by atoms with Crippen LogP contribution in [-0.2, 0) is 23.6 Å². The summed E-state index contributed by atoms with van der Waals surface area (Å²) in [5.41, 5.74) is -2.62. The van der Waals surface area contributed by atoms with Gasteiger partial charge < -0.3 is 24.1 Å². The summed E-state index contributed by atoms with van der Waals surface area (Å²) in [6, 6.07) is 0. The van der Waals surface area contributed by atoms with Gasteiger partial charge in [-0.1, -0.05) is 18.9 Å². The van der Waals surface area contributed by atoms with Crippen molar-refractivity contribution in [2.24, 2.45) is 0 Å². The van der Waals surface area contributed by atoms with Crippen LogP contribution in [0.1, 0.15) is 74.1 Å². The number of hydrogen-bond acceptors (Lipinski definition) is 6. The maximum absolute atomic E-state index is 12.6. The van der Waals surface area contributed by atoms with E-state index >= 15 is 0 Å². The first-order valence-corrected chi connectivity index (χ1v) is 10.2. The van der Waals surface area contributed by atoms with E-state index in [0.29, 0.717) is 19.2 Å². The minimum Gasteiger partial charge on any atom is -0.467 e. The smallest absolute Gasteiger partial charge is 0.457 e. The minimum atomic E-state index is -1.21. The van der Waals surface area contributed by atoms with Crippen LogP contribution in [0.5, 0.6) is 0 Å². The zero-order valence-electron chi connectivity index (χ0n) is 19.3. The predicted octanol–water partition coefficient (Wildman–Crippen LogP) is 4.26. The van der Waals surface area contributed by atoms with Gasteiger partial charge in [-0.15, -0.1) is 6.58 Å². The van der Waals surface area contributed by atoms with Gasteiger partial charge in [-0.05, 0) is 67.6 Å². The van der Waals surface area contributed by atoms with Crippen LogP contribution in [0.25, 0.3) is 0 Å². The van der Waals surface area contributed by atoms with Crippen LogP contribution in [0.2, 0.25) is 6.32 Å². The molecule has 1 N–H and O–H groups in total. The zero-order chi connectivity index (χ0) is 22.5. The van der Waals surface area contributed by atoms with Crippen molar-refractivity contribution in [2.45, 2.75) is 103 Å². The second-order valence-corrected chi connectivity index (χ2v) is 9.63. The van der Waals surface area contributed by atoms with Crippen molar-refractivity contribution >= 4 is 19.2 Å². The Labute approximate surface area is 176 Å². The lowest BCUT2D eigenvalue weighted by Gasteiger charge is -2.32. The molecule has 29 heavy (non-hydrogen) atoms. The number of amides is 1. The number of alkyl carbamates (subject to hydrolysis) is 1. The molecule has 0 aromatic rings. The highest BCUT2D eigenvalue weighted by Crippen LogP contribution is 2.38. The molecule has 1 heterocycles. The highest BCUT2D eigenvalue weighted by Gasteiger charge is 2.50. The van der Waals surface area contributed by atoms with E-state index in [9.17, 15) is 9.59 Å². The zero-order valence-corrected chi connectivity index (χ0v) is 19.3. The van der Waals surface area contributed by atoms with Gasteiger partial charge in [0.05, 0.1) is 18.3 Å². The lowest BCUT2D eigenvalue weighted by Crippen LogP contribution is -2.55. The van der Waals surface area contributed by atoms with E-state index in [0.717, 1.165) is 6.42 Å². The fourth-order valence-corrected chi connectivity index (χ4v) is 3.21. The SMILES string of the molecule is C=CC[C@@](CCCCB1OC(C)(C)C(C)(C)O1)(NC(=O)OC(C)(C)C)C(=O)OC. The molecule has 1 amide bonds. The number of carbonyl (C=O) groups is 2. The van der Waals surface area contributed by atoms with E-state index in [-0.39, 0.29) is 24.7 Å². The molecule has 1 fully saturated rings. The topological polar surface area (TPSA) is 83.1 Å². The van der Waals surface area contributed by atoms with Crippen molar-refractivity contribution < 1.29 is 28.4 Å². The Morgan fingerprint density at radius 1 is 1.10 bits per heavy atom. The number of esters is 1. The quantitative estimate of drug-likeness (QED) is 0.264. The second kappa shape index (κ2) is 9.52. The summed E-state index contributed by atoms with van der Waals surface area (Å²) in [5, 5.41) is 2.72. The van der Waals surface area contributed by atoms with Gasteiger partial charge in [-0.2, -0.15) is 0 Å². The summed E-state index contributed by atoms with van der Waals surface area (Å²) in [5.74, 6) is -0.515. The van der Waals surface area contributed by atoms with Gasteiger partial charge in [-0.3, -0.25) is 0 Å². The van der Waals surface area contributed by atoms with Crippen molar-refractivity contribution in [1.29, 1.82) is 0 Å². The van der Waals surface area contributed by atoms with E-state index in [2.05, 4.69) is 11.9 Å². The van der Waals surface area contributed by atoms with E-state index in [1.54, 1.807) is 26.8 Å². The Balaban J connectivity index is 2.74. The molecule has 0 aromatic carbocycles. The maximum Gasteiger partial charge on any atom is 0.457 e. The highest BCUT2D eigenvalue weighted by atomic mass is 16.7. The minimum absolute atomic E-state index is 0.245. The van der Waals surface area contributed by atoms with Crippen LogP contribution in [0.3, 0.4) is 0 Å². The fourth-order valence-electron chi connectivity index (χ4n) is 3.21. The molecule has 0 aliphatic carbocycles. The molecule has 0 bridgehead atoms. The molecular formula is C21H38BNO6. The number of carbonyl (C=O) groups excluding carboxylic acids is 2. The first-order chi connectivity index (χ1) is 13.2. The standard InChI is InChI=1S/C21H38BNO6/c1-10-13-21(16(24)26-9,23-17(25)27-18(2,3)4)14-11-12-15-22-28-19(5,6)20(7,8)29-22/h10H,1,11-15H2,2-9H3,(H,23,25)/t21-/m0/s1. The lowest BCUT2D eigenvalue weighted by molar-refractivity contribution is -0.149. The molecule has 0 spiro atoms. The van der Waals surface area contributed by atoms with Crippen molar-refractivity contribution in [3.05, 3.63) is 12.7 Å². The molecular weight excluding hydrogens is 373 g/mol. The summed E-state index contributed by atoms with van der Waals surface area (Å²) in [7, 11) is 1.02. The molecule has 1 rings (SSSR count). The second-order valence-electron chi connectivity index (χ2n) is 9.63. The lowest BCUT2D eigenvalue weighted by atomic mass is 9.80. The van der Waals surface area contributed by atoms with Crippen LogP contribution in [0.15, 0.2) is 12.7 Å². The van der Waals surface area contributed by atoms with E-state index in [1.165, 1.54) is 7.11 Å². The van der Waals surface area contributed by atoms with Crippen LogP contribution in [-0.4, -0.2) is 48.6 Å². The van der Waals surface area contributed by atoms with Gasteiger partial charge in [0, 0.05) is 0 Å². The molecule has 0 unspecified atom stereocenters. The van der Waals surface area contributed by atoms with Crippen LogP contribution >= 0.6 is 0 Å². The first kappa shape index (κ1) is 25.5. The number of unbranched alkanes of at least 4 members (excludes halogenated alkanes) is 1. The fraction of sp³-hybridized carbons (Fsp3) is 0.810. The molecule has 7 nitrogen and oxygen atoms in total. The largest absolute Gasteiger partial charge is 0.467 e. The third-order valence-corrected chi connectivity index (χ3v) is 5.40. The van der Waals surface area contributed by atoms with Crippen LogP contribution < -0.4 is 5.32 Å². The summed E-state index contributed by atoms with van der Waals surface area (Å²) in [6.45, 7) is 17.1. The van der Waals surface area contributed by atoms with Gasteiger partial charge >= 0.3 is 19.2 Å². The van der Waals surface area contributed by atoms with Gasteiger partial charge in [-0.25, -0.2) is 9.59 Å². The average molecular weight is 411 g/mol.